The number of benzene rings is 1. The number of hydrogen-bond acceptors (Lipinski definition) is 2. The molecule has 0 saturated heterocycles. The minimum atomic E-state index is -0.431. The first-order valence-corrected chi connectivity index (χ1v) is 6.29. The highest BCUT2D eigenvalue weighted by Crippen LogP contribution is 2.38. The van der Waals surface area contributed by atoms with Crippen molar-refractivity contribution in [3.63, 3.8) is 0 Å². The lowest BCUT2D eigenvalue weighted by atomic mass is 10.0. The summed E-state index contributed by atoms with van der Waals surface area (Å²) in [5.41, 5.74) is 1.45. The number of para-hydroxylation sites is 1. The van der Waals surface area contributed by atoms with E-state index in [1.165, 1.54) is 0 Å². The molecule has 3 heteroatoms. The summed E-state index contributed by atoms with van der Waals surface area (Å²) in [6, 6.07) is 5.69. The summed E-state index contributed by atoms with van der Waals surface area (Å²) in [5.74, 6) is 1.01. The van der Waals surface area contributed by atoms with Gasteiger partial charge in [0.2, 0.25) is 0 Å². The van der Waals surface area contributed by atoms with E-state index in [1.54, 1.807) is 0 Å². The molecule has 1 aliphatic heterocycles. The maximum Gasteiger partial charge on any atom is 0.192 e. The van der Waals surface area contributed by atoms with Gasteiger partial charge in [-0.2, -0.15) is 0 Å². The van der Waals surface area contributed by atoms with Crippen LogP contribution in [0, 0.1) is 0 Å². The van der Waals surface area contributed by atoms with Gasteiger partial charge in [-0.25, -0.2) is 0 Å². The van der Waals surface area contributed by atoms with Gasteiger partial charge in [0.1, 0.15) is 5.75 Å². The van der Waals surface area contributed by atoms with Gasteiger partial charge in [0.15, 0.2) is 11.2 Å². The number of nitrogens with zero attached hydrogens (tertiary/aromatic N) is 1. The van der Waals surface area contributed by atoms with Crippen LogP contribution >= 0.6 is 0 Å². The van der Waals surface area contributed by atoms with Gasteiger partial charge in [-0.15, -0.1) is 0 Å². The first kappa shape index (κ1) is 11.3. The van der Waals surface area contributed by atoms with Crippen molar-refractivity contribution in [3.05, 3.63) is 40.2 Å². The Morgan fingerprint density at radius 2 is 2.00 bits per heavy atom. The number of rotatable bonds is 1. The fraction of sp³-hybridized carbons (Fsp3) is 0.400. The summed E-state index contributed by atoms with van der Waals surface area (Å²) in [4.78, 5) is 12.4. The highest BCUT2D eigenvalue weighted by Gasteiger charge is 2.32. The largest absolute Gasteiger partial charge is 0.466 e. The molecule has 0 aliphatic carbocycles. The molecule has 1 aliphatic rings. The molecular weight excluding hydrogens is 226 g/mol. The lowest BCUT2D eigenvalue weighted by molar-refractivity contribution is 0.0560. The lowest BCUT2D eigenvalue weighted by Crippen LogP contribution is -2.29. The van der Waals surface area contributed by atoms with E-state index >= 15 is 0 Å². The van der Waals surface area contributed by atoms with Crippen LogP contribution < -0.4 is 10.2 Å². The van der Waals surface area contributed by atoms with Crippen LogP contribution in [0.1, 0.15) is 39.2 Å². The summed E-state index contributed by atoms with van der Waals surface area (Å²) in [7, 11) is 0. The van der Waals surface area contributed by atoms with E-state index in [9.17, 15) is 4.79 Å². The van der Waals surface area contributed by atoms with Crippen molar-refractivity contribution in [2.24, 2.45) is 0 Å². The molecule has 2 heterocycles. The Kier molecular flexibility index (Phi) is 2.12. The van der Waals surface area contributed by atoms with Crippen LogP contribution in [0.25, 0.3) is 10.9 Å². The third kappa shape index (κ3) is 1.33. The van der Waals surface area contributed by atoms with Gasteiger partial charge in [0, 0.05) is 17.1 Å². The Morgan fingerprint density at radius 1 is 1.28 bits per heavy atom. The van der Waals surface area contributed by atoms with Gasteiger partial charge in [-0.05, 0) is 31.9 Å². The van der Waals surface area contributed by atoms with Crippen molar-refractivity contribution in [2.45, 2.75) is 39.3 Å². The molecular formula is C15H17NO2. The topological polar surface area (TPSA) is 31.2 Å². The zero-order valence-corrected chi connectivity index (χ0v) is 11.2. The third-order valence-corrected chi connectivity index (χ3v) is 3.58. The maximum absolute atomic E-state index is 12.4. The number of ether oxygens (including phenoxy) is 1. The third-order valence-electron chi connectivity index (χ3n) is 3.58. The molecule has 0 radical (unpaired) electrons. The minimum absolute atomic E-state index is 0.124. The highest BCUT2D eigenvalue weighted by molar-refractivity contribution is 5.86. The molecule has 0 unspecified atom stereocenters. The molecule has 0 spiro atoms. The second-order valence-corrected chi connectivity index (χ2v) is 5.64. The van der Waals surface area contributed by atoms with Crippen molar-refractivity contribution in [1.82, 2.24) is 4.57 Å². The second kappa shape index (κ2) is 3.37. The zero-order valence-electron chi connectivity index (χ0n) is 11.2. The normalized spacial score (nSPS) is 16.3. The predicted molar refractivity (Wildman–Crippen MR) is 72.2 cm³/mol. The van der Waals surface area contributed by atoms with E-state index < -0.39 is 5.72 Å². The molecule has 0 fully saturated rings. The SMILES string of the molecule is CC(C)c1cn2c3c(cccc3c1=O)OC2(C)C. The zero-order chi connectivity index (χ0) is 13.1. The average Bonchev–Trinajstić information content (AvgIpc) is 2.54. The van der Waals surface area contributed by atoms with Gasteiger partial charge >= 0.3 is 0 Å². The number of pyridine rings is 1. The van der Waals surface area contributed by atoms with Gasteiger partial charge in [0.25, 0.3) is 0 Å². The Labute approximate surface area is 106 Å². The Balaban J connectivity index is 2.51. The average molecular weight is 243 g/mol. The quantitative estimate of drug-likeness (QED) is 0.770. The van der Waals surface area contributed by atoms with Gasteiger partial charge in [-0.1, -0.05) is 19.9 Å². The van der Waals surface area contributed by atoms with Crippen LogP contribution in [0.5, 0.6) is 5.75 Å². The Hall–Kier alpha value is -1.77. The molecule has 3 rings (SSSR count). The molecule has 0 amide bonds. The second-order valence-electron chi connectivity index (χ2n) is 5.64. The number of hydrogen-bond donors (Lipinski definition) is 0. The first-order valence-electron chi connectivity index (χ1n) is 6.29. The van der Waals surface area contributed by atoms with Crippen molar-refractivity contribution in [3.8, 4) is 5.75 Å². The summed E-state index contributed by atoms with van der Waals surface area (Å²) in [5, 5.41) is 0.754. The van der Waals surface area contributed by atoms with E-state index in [1.807, 2.05) is 52.1 Å². The van der Waals surface area contributed by atoms with Crippen LogP contribution in [-0.4, -0.2) is 4.57 Å². The van der Waals surface area contributed by atoms with Gasteiger partial charge in [0.05, 0.1) is 5.52 Å². The van der Waals surface area contributed by atoms with Crippen LogP contribution in [0.2, 0.25) is 0 Å². The Bertz CT molecular complexity index is 695. The van der Waals surface area contributed by atoms with E-state index in [0.29, 0.717) is 0 Å². The van der Waals surface area contributed by atoms with Crippen LogP contribution in [0.4, 0.5) is 0 Å². The summed E-state index contributed by atoms with van der Waals surface area (Å²) >= 11 is 0. The van der Waals surface area contributed by atoms with Gasteiger partial charge in [-0.3, -0.25) is 4.79 Å². The van der Waals surface area contributed by atoms with E-state index in [4.69, 9.17) is 4.74 Å². The van der Waals surface area contributed by atoms with Crippen LogP contribution in [0.3, 0.4) is 0 Å². The van der Waals surface area contributed by atoms with Crippen molar-refractivity contribution >= 4 is 10.9 Å². The molecule has 94 valence electrons. The molecule has 0 atom stereocenters. The van der Waals surface area contributed by atoms with Crippen LogP contribution in [0.15, 0.2) is 29.2 Å². The fourth-order valence-corrected chi connectivity index (χ4v) is 2.61. The first-order chi connectivity index (χ1) is 8.42. The monoisotopic (exact) mass is 243 g/mol. The van der Waals surface area contributed by atoms with Gasteiger partial charge < -0.3 is 9.30 Å². The maximum atomic E-state index is 12.4. The molecule has 3 nitrogen and oxygen atoms in total. The Morgan fingerprint density at radius 3 is 2.67 bits per heavy atom. The molecule has 0 saturated carbocycles. The van der Waals surface area contributed by atoms with Crippen LogP contribution in [-0.2, 0) is 5.72 Å². The summed E-state index contributed by atoms with van der Waals surface area (Å²) < 4.78 is 8.00. The minimum Gasteiger partial charge on any atom is -0.466 e. The van der Waals surface area contributed by atoms with Crippen molar-refractivity contribution < 1.29 is 4.74 Å². The van der Waals surface area contributed by atoms with E-state index in [-0.39, 0.29) is 11.3 Å². The molecule has 1 aromatic heterocycles. The number of aromatic nitrogens is 1. The molecule has 0 bridgehead atoms. The summed E-state index contributed by atoms with van der Waals surface area (Å²) in [6.45, 7) is 8.12. The summed E-state index contributed by atoms with van der Waals surface area (Å²) in [6.07, 6.45) is 1.95. The van der Waals surface area contributed by atoms with E-state index in [2.05, 4.69) is 4.57 Å². The standard InChI is InChI=1S/C15H17NO2/c1-9(2)11-8-16-13-10(14(11)17)6-5-7-12(13)18-15(16,3)4/h5-9H,1-4H3. The van der Waals surface area contributed by atoms with Crippen molar-refractivity contribution in [1.29, 1.82) is 0 Å². The van der Waals surface area contributed by atoms with E-state index in [0.717, 1.165) is 22.2 Å². The molecule has 2 aromatic rings. The molecule has 18 heavy (non-hydrogen) atoms. The molecule has 1 aromatic carbocycles. The highest BCUT2D eigenvalue weighted by atomic mass is 16.5. The predicted octanol–water partition coefficient (Wildman–Crippen LogP) is 3.21. The molecule has 0 N–H and O–H groups in total. The fourth-order valence-electron chi connectivity index (χ4n) is 2.61. The van der Waals surface area contributed by atoms with Crippen molar-refractivity contribution in [2.75, 3.05) is 0 Å². The lowest BCUT2D eigenvalue weighted by Gasteiger charge is -2.23. The smallest absolute Gasteiger partial charge is 0.192 e.